The van der Waals surface area contributed by atoms with Gasteiger partial charge in [0.05, 0.1) is 10.8 Å². The van der Waals surface area contributed by atoms with Gasteiger partial charge in [-0.15, -0.1) is 10.2 Å². The summed E-state index contributed by atoms with van der Waals surface area (Å²) in [5.41, 5.74) is 1.15. The number of halogens is 3. The lowest BCUT2D eigenvalue weighted by atomic mass is 10.2. The average Bonchev–Trinajstić information content (AvgIpc) is 2.96. The van der Waals surface area contributed by atoms with Crippen molar-refractivity contribution < 1.29 is 18.0 Å². The van der Waals surface area contributed by atoms with Crippen LogP contribution in [0.1, 0.15) is 18.1 Å². The number of aryl methyl sites for hydroxylation is 1. The number of hydrogen-bond donors (Lipinski definition) is 1. The quantitative estimate of drug-likeness (QED) is 0.690. The minimum absolute atomic E-state index is 0.220. The number of rotatable bonds is 4. The molecule has 0 saturated carbocycles. The number of hydrogen-bond acceptors (Lipinski definition) is 4. The molecule has 0 aliphatic heterocycles. The zero-order chi connectivity index (χ0) is 18.9. The van der Waals surface area contributed by atoms with E-state index in [0.717, 1.165) is 29.6 Å². The maximum atomic E-state index is 12.9. The van der Waals surface area contributed by atoms with Gasteiger partial charge in [0, 0.05) is 11.9 Å². The van der Waals surface area contributed by atoms with Crippen molar-refractivity contribution in [2.24, 2.45) is 0 Å². The molecule has 1 aromatic carbocycles. The van der Waals surface area contributed by atoms with Crippen LogP contribution in [0.5, 0.6) is 0 Å². The number of pyridine rings is 1. The molecular formula is C17H15F3N4OS. The van der Waals surface area contributed by atoms with Crippen LogP contribution in [0.4, 0.5) is 18.9 Å². The second kappa shape index (κ2) is 6.99. The number of alkyl halides is 3. The molecule has 0 saturated heterocycles. The molecule has 1 N–H and O–H groups in total. The van der Waals surface area contributed by atoms with Gasteiger partial charge in [-0.05, 0) is 43.7 Å². The molecule has 26 heavy (non-hydrogen) atoms. The normalized spacial score (nSPS) is 13.0. The van der Waals surface area contributed by atoms with Gasteiger partial charge in [0.25, 0.3) is 0 Å². The zero-order valence-corrected chi connectivity index (χ0v) is 14.7. The van der Waals surface area contributed by atoms with E-state index >= 15 is 0 Å². The van der Waals surface area contributed by atoms with E-state index in [-0.39, 0.29) is 16.7 Å². The maximum absolute atomic E-state index is 12.9. The summed E-state index contributed by atoms with van der Waals surface area (Å²) in [7, 11) is 0. The van der Waals surface area contributed by atoms with E-state index in [1.807, 2.05) is 25.1 Å². The van der Waals surface area contributed by atoms with E-state index in [0.29, 0.717) is 5.69 Å². The molecule has 0 bridgehead atoms. The molecule has 1 amide bonds. The lowest BCUT2D eigenvalue weighted by molar-refractivity contribution is -0.137. The molecule has 5 nitrogen and oxygen atoms in total. The highest BCUT2D eigenvalue weighted by atomic mass is 32.2. The number of nitrogens with zero attached hydrogens (tertiary/aromatic N) is 3. The van der Waals surface area contributed by atoms with E-state index in [1.165, 1.54) is 10.5 Å². The largest absolute Gasteiger partial charge is 0.417 e. The van der Waals surface area contributed by atoms with Crippen LogP contribution in [0.15, 0.2) is 47.8 Å². The molecular weight excluding hydrogens is 365 g/mol. The number of thioether (sulfide) groups is 1. The van der Waals surface area contributed by atoms with Crippen LogP contribution in [-0.4, -0.2) is 25.8 Å². The van der Waals surface area contributed by atoms with Gasteiger partial charge in [0.2, 0.25) is 5.91 Å². The Kier molecular flexibility index (Phi) is 4.90. The first-order valence-electron chi connectivity index (χ1n) is 7.70. The van der Waals surface area contributed by atoms with E-state index in [1.54, 1.807) is 13.0 Å². The predicted molar refractivity (Wildman–Crippen MR) is 93.1 cm³/mol. The Morgan fingerprint density at radius 2 is 2.00 bits per heavy atom. The van der Waals surface area contributed by atoms with E-state index in [9.17, 15) is 18.0 Å². The molecule has 1 unspecified atom stereocenters. The Labute approximate surface area is 151 Å². The number of nitrogens with one attached hydrogen (secondary N) is 1. The zero-order valence-electron chi connectivity index (χ0n) is 13.9. The monoisotopic (exact) mass is 380 g/mol. The standard InChI is InChI=1S/C17H15F3N4OS/c1-10-4-3-5-13(8-10)21-15(25)11(2)26-16-23-22-14-7-6-12(9-24(14)16)17(18,19)20/h3-9,11H,1-2H3,(H,21,25). The predicted octanol–water partition coefficient (Wildman–Crippen LogP) is 4.18. The summed E-state index contributed by atoms with van der Waals surface area (Å²) in [6.07, 6.45) is -3.53. The number of benzene rings is 1. The highest BCUT2D eigenvalue weighted by Gasteiger charge is 2.31. The molecule has 0 aliphatic carbocycles. The summed E-state index contributed by atoms with van der Waals surface area (Å²) < 4.78 is 39.9. The van der Waals surface area contributed by atoms with E-state index in [4.69, 9.17) is 0 Å². The first kappa shape index (κ1) is 18.2. The second-order valence-electron chi connectivity index (χ2n) is 5.75. The van der Waals surface area contributed by atoms with Crippen molar-refractivity contribution in [2.45, 2.75) is 30.4 Å². The summed E-state index contributed by atoms with van der Waals surface area (Å²) in [6, 6.07) is 9.54. The topological polar surface area (TPSA) is 59.3 Å². The van der Waals surface area contributed by atoms with E-state index in [2.05, 4.69) is 15.5 Å². The third kappa shape index (κ3) is 3.98. The number of amides is 1. The fourth-order valence-electron chi connectivity index (χ4n) is 2.30. The van der Waals surface area contributed by atoms with Crippen LogP contribution in [-0.2, 0) is 11.0 Å². The second-order valence-corrected chi connectivity index (χ2v) is 7.05. The van der Waals surface area contributed by atoms with Crippen LogP contribution < -0.4 is 5.32 Å². The molecule has 3 rings (SSSR count). The molecule has 0 spiro atoms. The van der Waals surface area contributed by atoms with Gasteiger partial charge in [-0.25, -0.2) is 0 Å². The van der Waals surface area contributed by atoms with Gasteiger partial charge in [-0.3, -0.25) is 9.20 Å². The highest BCUT2D eigenvalue weighted by molar-refractivity contribution is 8.00. The number of carbonyl (C=O) groups is 1. The van der Waals surface area contributed by atoms with Gasteiger partial charge in [-0.2, -0.15) is 13.2 Å². The number of aromatic nitrogens is 3. The van der Waals surface area contributed by atoms with Crippen LogP contribution in [0.2, 0.25) is 0 Å². The van der Waals surface area contributed by atoms with Crippen LogP contribution in [0.25, 0.3) is 5.65 Å². The summed E-state index contributed by atoms with van der Waals surface area (Å²) in [4.78, 5) is 12.3. The molecule has 3 aromatic rings. The van der Waals surface area contributed by atoms with Gasteiger partial charge < -0.3 is 5.32 Å². The number of fused-ring (bicyclic) bond motifs is 1. The Morgan fingerprint density at radius 3 is 2.69 bits per heavy atom. The molecule has 9 heteroatoms. The average molecular weight is 380 g/mol. The smallest absolute Gasteiger partial charge is 0.325 e. The lowest BCUT2D eigenvalue weighted by Crippen LogP contribution is -2.22. The Bertz CT molecular complexity index is 955. The van der Waals surface area contributed by atoms with Crippen molar-refractivity contribution in [3.05, 3.63) is 53.7 Å². The van der Waals surface area contributed by atoms with Crippen molar-refractivity contribution in [2.75, 3.05) is 5.32 Å². The SMILES string of the molecule is Cc1cccc(NC(=O)C(C)Sc2nnc3ccc(C(F)(F)F)cn23)c1. The fourth-order valence-corrected chi connectivity index (χ4v) is 3.13. The Morgan fingerprint density at radius 1 is 1.23 bits per heavy atom. The van der Waals surface area contributed by atoms with Crippen LogP contribution in [0.3, 0.4) is 0 Å². The van der Waals surface area contributed by atoms with Crippen molar-refractivity contribution >= 4 is 29.0 Å². The Balaban J connectivity index is 1.78. The number of anilines is 1. The van der Waals surface area contributed by atoms with Crippen LogP contribution >= 0.6 is 11.8 Å². The minimum Gasteiger partial charge on any atom is -0.325 e. The molecule has 0 aliphatic rings. The van der Waals surface area contributed by atoms with Crippen molar-refractivity contribution in [1.29, 1.82) is 0 Å². The summed E-state index contributed by atoms with van der Waals surface area (Å²) in [5.74, 6) is -0.274. The summed E-state index contributed by atoms with van der Waals surface area (Å²) in [6.45, 7) is 3.57. The summed E-state index contributed by atoms with van der Waals surface area (Å²) in [5, 5.41) is 10.2. The lowest BCUT2D eigenvalue weighted by Gasteiger charge is -2.12. The molecule has 1 atom stereocenters. The van der Waals surface area contributed by atoms with Crippen molar-refractivity contribution in [3.8, 4) is 0 Å². The maximum Gasteiger partial charge on any atom is 0.417 e. The third-order valence-electron chi connectivity index (χ3n) is 3.64. The molecule has 2 aromatic heterocycles. The number of carbonyl (C=O) groups excluding carboxylic acids is 1. The van der Waals surface area contributed by atoms with Gasteiger partial charge in [0.15, 0.2) is 10.8 Å². The van der Waals surface area contributed by atoms with Crippen molar-refractivity contribution in [1.82, 2.24) is 14.6 Å². The highest BCUT2D eigenvalue weighted by Crippen LogP contribution is 2.31. The molecule has 0 radical (unpaired) electrons. The first-order chi connectivity index (χ1) is 12.2. The van der Waals surface area contributed by atoms with Gasteiger partial charge >= 0.3 is 6.18 Å². The summed E-state index contributed by atoms with van der Waals surface area (Å²) >= 11 is 1.04. The molecule has 2 heterocycles. The third-order valence-corrected chi connectivity index (χ3v) is 4.69. The minimum atomic E-state index is -4.46. The van der Waals surface area contributed by atoms with E-state index < -0.39 is 17.0 Å². The molecule has 0 fully saturated rings. The van der Waals surface area contributed by atoms with Gasteiger partial charge in [-0.1, -0.05) is 23.9 Å². The Hall–Kier alpha value is -2.55. The van der Waals surface area contributed by atoms with Gasteiger partial charge in [0.1, 0.15) is 0 Å². The molecule has 136 valence electrons. The first-order valence-corrected chi connectivity index (χ1v) is 8.58. The van der Waals surface area contributed by atoms with Crippen molar-refractivity contribution in [3.63, 3.8) is 0 Å². The fraction of sp³-hybridized carbons (Fsp3) is 0.235. The van der Waals surface area contributed by atoms with Crippen LogP contribution in [0, 0.1) is 6.92 Å².